The zero-order valence-electron chi connectivity index (χ0n) is 15.2. The van der Waals surface area contributed by atoms with Crippen molar-refractivity contribution < 1.29 is 0 Å². The molecule has 1 heterocycles. The molecule has 0 amide bonds. The summed E-state index contributed by atoms with van der Waals surface area (Å²) >= 11 is 0. The van der Waals surface area contributed by atoms with Gasteiger partial charge in [-0.2, -0.15) is 0 Å². The van der Waals surface area contributed by atoms with E-state index >= 15 is 0 Å². The molecular formula is C23H28N2. The third-order valence-electron chi connectivity index (χ3n) is 5.49. The van der Waals surface area contributed by atoms with Crippen LogP contribution < -0.4 is 5.32 Å². The van der Waals surface area contributed by atoms with E-state index in [1.165, 1.54) is 59.5 Å². The lowest BCUT2D eigenvalue weighted by Gasteiger charge is -2.13. The Kier molecular flexibility index (Phi) is 4.89. The zero-order valence-corrected chi connectivity index (χ0v) is 15.2. The third kappa shape index (κ3) is 3.36. The summed E-state index contributed by atoms with van der Waals surface area (Å²) in [4.78, 5) is 0. The second-order valence-corrected chi connectivity index (χ2v) is 7.15. The summed E-state index contributed by atoms with van der Waals surface area (Å²) in [5, 5.41) is 6.39. The first-order valence-electron chi connectivity index (χ1n) is 9.75. The van der Waals surface area contributed by atoms with Crippen LogP contribution in [0.4, 0.5) is 0 Å². The smallest absolute Gasteiger partial charge is 0.0491 e. The SMILES string of the molecule is CCn1c2ccccc2c2cc(CNCCC3=CCCCC3)ccc21. The number of nitrogens with one attached hydrogen (secondary N) is 1. The van der Waals surface area contributed by atoms with Crippen molar-refractivity contribution in [1.29, 1.82) is 0 Å². The fourth-order valence-corrected chi connectivity index (χ4v) is 4.16. The van der Waals surface area contributed by atoms with Crippen molar-refractivity contribution in [2.75, 3.05) is 6.54 Å². The van der Waals surface area contributed by atoms with Crippen molar-refractivity contribution >= 4 is 21.8 Å². The molecule has 0 saturated heterocycles. The molecule has 2 heteroatoms. The molecule has 0 saturated carbocycles. The fraction of sp³-hybridized carbons (Fsp3) is 0.391. The molecule has 2 aromatic carbocycles. The Balaban J connectivity index is 1.49. The standard InChI is InChI=1S/C23H28N2/c1-2-25-22-11-7-6-10-20(22)21-16-19(12-13-23(21)25)17-24-15-14-18-8-4-3-5-9-18/h6-8,10-13,16,24H,2-5,9,14-15,17H2,1H3. The lowest BCUT2D eigenvalue weighted by molar-refractivity contribution is 0.632. The molecule has 25 heavy (non-hydrogen) atoms. The van der Waals surface area contributed by atoms with E-state index < -0.39 is 0 Å². The number of aromatic nitrogens is 1. The Labute approximate surface area is 150 Å². The number of hydrogen-bond acceptors (Lipinski definition) is 1. The monoisotopic (exact) mass is 332 g/mol. The van der Waals surface area contributed by atoms with E-state index in [4.69, 9.17) is 0 Å². The van der Waals surface area contributed by atoms with Crippen LogP contribution in [0.2, 0.25) is 0 Å². The lowest BCUT2D eigenvalue weighted by atomic mass is 9.97. The Morgan fingerprint density at radius 3 is 2.72 bits per heavy atom. The van der Waals surface area contributed by atoms with Gasteiger partial charge in [0.1, 0.15) is 0 Å². The van der Waals surface area contributed by atoms with E-state index in [1.54, 1.807) is 5.57 Å². The fourth-order valence-electron chi connectivity index (χ4n) is 4.16. The average molecular weight is 332 g/mol. The molecule has 4 rings (SSSR count). The predicted molar refractivity (Wildman–Crippen MR) is 108 cm³/mol. The molecule has 0 fully saturated rings. The van der Waals surface area contributed by atoms with Gasteiger partial charge in [-0.25, -0.2) is 0 Å². The molecule has 1 aromatic heterocycles. The number of nitrogens with zero attached hydrogens (tertiary/aromatic N) is 1. The van der Waals surface area contributed by atoms with Gasteiger partial charge in [0.15, 0.2) is 0 Å². The van der Waals surface area contributed by atoms with Crippen molar-refractivity contribution in [2.24, 2.45) is 0 Å². The second-order valence-electron chi connectivity index (χ2n) is 7.15. The van der Waals surface area contributed by atoms with E-state index in [1.807, 2.05) is 0 Å². The molecule has 0 atom stereocenters. The van der Waals surface area contributed by atoms with Gasteiger partial charge in [0.05, 0.1) is 0 Å². The molecule has 0 spiro atoms. The molecule has 1 aliphatic rings. The van der Waals surface area contributed by atoms with Gasteiger partial charge < -0.3 is 9.88 Å². The molecule has 0 unspecified atom stereocenters. The summed E-state index contributed by atoms with van der Waals surface area (Å²) in [6.45, 7) is 5.27. The van der Waals surface area contributed by atoms with Gasteiger partial charge >= 0.3 is 0 Å². The van der Waals surface area contributed by atoms with Gasteiger partial charge in [-0.1, -0.05) is 35.9 Å². The number of para-hydroxylation sites is 1. The van der Waals surface area contributed by atoms with E-state index in [0.29, 0.717) is 0 Å². The molecule has 0 radical (unpaired) electrons. The molecule has 0 aliphatic heterocycles. The minimum Gasteiger partial charge on any atom is -0.341 e. The minimum absolute atomic E-state index is 0.953. The Morgan fingerprint density at radius 2 is 1.88 bits per heavy atom. The van der Waals surface area contributed by atoms with Gasteiger partial charge in [-0.15, -0.1) is 0 Å². The molecule has 3 aromatic rings. The molecule has 1 aliphatic carbocycles. The summed E-state index contributed by atoms with van der Waals surface area (Å²) in [5.41, 5.74) is 5.72. The minimum atomic E-state index is 0.953. The van der Waals surface area contributed by atoms with Crippen LogP contribution in [0.3, 0.4) is 0 Å². The van der Waals surface area contributed by atoms with E-state index in [-0.39, 0.29) is 0 Å². The van der Waals surface area contributed by atoms with E-state index in [9.17, 15) is 0 Å². The van der Waals surface area contributed by atoms with Gasteiger partial charge in [0.25, 0.3) is 0 Å². The van der Waals surface area contributed by atoms with Crippen molar-refractivity contribution in [2.45, 2.75) is 52.1 Å². The van der Waals surface area contributed by atoms with Crippen LogP contribution in [-0.4, -0.2) is 11.1 Å². The van der Waals surface area contributed by atoms with Crippen LogP contribution in [0.1, 0.15) is 44.6 Å². The molecule has 2 nitrogen and oxygen atoms in total. The normalized spacial score (nSPS) is 15.0. The van der Waals surface area contributed by atoms with E-state index in [0.717, 1.165) is 19.6 Å². The Bertz CT molecular complexity index is 901. The van der Waals surface area contributed by atoms with Crippen LogP contribution in [0.25, 0.3) is 21.8 Å². The first kappa shape index (κ1) is 16.4. The van der Waals surface area contributed by atoms with Crippen molar-refractivity contribution in [3.63, 3.8) is 0 Å². The molecule has 130 valence electrons. The largest absolute Gasteiger partial charge is 0.341 e. The molecular weight excluding hydrogens is 304 g/mol. The highest BCUT2D eigenvalue weighted by molar-refractivity contribution is 6.08. The first-order valence-corrected chi connectivity index (χ1v) is 9.75. The van der Waals surface area contributed by atoms with Gasteiger partial charge in [-0.05, 0) is 69.3 Å². The third-order valence-corrected chi connectivity index (χ3v) is 5.49. The maximum Gasteiger partial charge on any atom is 0.0491 e. The van der Waals surface area contributed by atoms with Gasteiger partial charge in [0.2, 0.25) is 0 Å². The maximum absolute atomic E-state index is 3.63. The first-order chi connectivity index (χ1) is 12.4. The topological polar surface area (TPSA) is 17.0 Å². The summed E-state index contributed by atoms with van der Waals surface area (Å²) in [5.74, 6) is 0. The van der Waals surface area contributed by atoms with Crippen LogP contribution >= 0.6 is 0 Å². The Morgan fingerprint density at radius 1 is 1.00 bits per heavy atom. The highest BCUT2D eigenvalue weighted by Crippen LogP contribution is 2.29. The van der Waals surface area contributed by atoms with E-state index in [2.05, 4.69) is 65.3 Å². The highest BCUT2D eigenvalue weighted by atomic mass is 15.0. The number of allylic oxidation sites excluding steroid dienone is 1. The quantitative estimate of drug-likeness (QED) is 0.446. The number of hydrogen-bond donors (Lipinski definition) is 1. The molecule has 0 bridgehead atoms. The van der Waals surface area contributed by atoms with Gasteiger partial charge in [-0.3, -0.25) is 0 Å². The van der Waals surface area contributed by atoms with Crippen LogP contribution in [0.5, 0.6) is 0 Å². The van der Waals surface area contributed by atoms with Crippen molar-refractivity contribution in [3.05, 3.63) is 59.7 Å². The average Bonchev–Trinajstić information content (AvgIpc) is 2.99. The van der Waals surface area contributed by atoms with Crippen LogP contribution in [-0.2, 0) is 13.1 Å². The summed E-state index contributed by atoms with van der Waals surface area (Å²) < 4.78 is 2.41. The zero-order chi connectivity index (χ0) is 17.1. The Hall–Kier alpha value is -2.06. The summed E-state index contributed by atoms with van der Waals surface area (Å²) in [7, 11) is 0. The predicted octanol–water partition coefficient (Wildman–Crippen LogP) is 5.79. The maximum atomic E-state index is 3.63. The number of rotatable bonds is 6. The number of benzene rings is 2. The van der Waals surface area contributed by atoms with Crippen molar-refractivity contribution in [3.8, 4) is 0 Å². The second kappa shape index (κ2) is 7.45. The summed E-state index contributed by atoms with van der Waals surface area (Å²) in [6.07, 6.45) is 9.01. The number of aryl methyl sites for hydroxylation is 1. The van der Waals surface area contributed by atoms with Crippen molar-refractivity contribution in [1.82, 2.24) is 9.88 Å². The van der Waals surface area contributed by atoms with Gasteiger partial charge in [0, 0.05) is 34.9 Å². The highest BCUT2D eigenvalue weighted by Gasteiger charge is 2.09. The molecule has 1 N–H and O–H groups in total. The summed E-state index contributed by atoms with van der Waals surface area (Å²) in [6, 6.07) is 15.7. The van der Waals surface area contributed by atoms with Crippen LogP contribution in [0.15, 0.2) is 54.1 Å². The lowest BCUT2D eigenvalue weighted by Crippen LogP contribution is -2.15. The van der Waals surface area contributed by atoms with Crippen LogP contribution in [0, 0.1) is 0 Å². The number of fused-ring (bicyclic) bond motifs is 3.